The van der Waals surface area contributed by atoms with Gasteiger partial charge in [-0.1, -0.05) is 34.8 Å². The van der Waals surface area contributed by atoms with Gasteiger partial charge in [0, 0.05) is 18.1 Å². The first kappa shape index (κ1) is 19.5. The number of esters is 1. The van der Waals surface area contributed by atoms with Gasteiger partial charge in [-0.3, -0.25) is 0 Å². The predicted octanol–water partition coefficient (Wildman–Crippen LogP) is 4.65. The number of carbonyl (C=O) groups excluding carboxylic acids is 1. The van der Waals surface area contributed by atoms with Crippen LogP contribution in [-0.2, 0) is 10.0 Å². The Morgan fingerprint density at radius 1 is 0.962 bits per heavy atom. The summed E-state index contributed by atoms with van der Waals surface area (Å²) in [7, 11) is -3.76. The van der Waals surface area contributed by atoms with E-state index in [2.05, 4.69) is 0 Å². The molecule has 0 aromatic heterocycles. The lowest BCUT2D eigenvalue weighted by atomic mass is 10.2. The molecule has 0 unspecified atom stereocenters. The Kier molecular flexibility index (Phi) is 5.79. The van der Waals surface area contributed by atoms with Crippen LogP contribution < -0.4 is 4.74 Å². The number of benzene rings is 2. The van der Waals surface area contributed by atoms with Crippen molar-refractivity contribution in [3.8, 4) is 5.75 Å². The van der Waals surface area contributed by atoms with Gasteiger partial charge in [0.15, 0.2) is 0 Å². The van der Waals surface area contributed by atoms with Crippen molar-refractivity contribution in [3.63, 3.8) is 0 Å². The normalized spacial score (nSPS) is 15.2. The SMILES string of the molecule is O=C(Oc1ccc(Cl)cc1Cl)c1ccc(Cl)c(S(=O)(=O)N2CCCC2)c1. The molecule has 0 amide bonds. The molecule has 26 heavy (non-hydrogen) atoms. The summed E-state index contributed by atoms with van der Waals surface area (Å²) in [5.74, 6) is -0.622. The standard InChI is InChI=1S/C17H14Cl3NO4S/c18-12-4-6-15(14(20)10-12)25-17(22)11-3-5-13(19)16(9-11)26(23,24)21-7-1-2-8-21/h3-6,9-10H,1-2,7-8H2. The average molecular weight is 435 g/mol. The molecule has 1 aliphatic heterocycles. The highest BCUT2D eigenvalue weighted by atomic mass is 35.5. The third-order valence-electron chi connectivity index (χ3n) is 3.95. The summed E-state index contributed by atoms with van der Waals surface area (Å²) in [5.41, 5.74) is 0.0539. The molecular weight excluding hydrogens is 421 g/mol. The molecule has 0 saturated carbocycles. The molecule has 1 saturated heterocycles. The molecule has 138 valence electrons. The molecule has 0 aliphatic carbocycles. The van der Waals surface area contributed by atoms with Gasteiger partial charge in [0.1, 0.15) is 10.6 Å². The van der Waals surface area contributed by atoms with Crippen LogP contribution in [0, 0.1) is 0 Å². The number of nitrogens with zero attached hydrogens (tertiary/aromatic N) is 1. The number of carbonyl (C=O) groups is 1. The summed E-state index contributed by atoms with van der Waals surface area (Å²) in [4.78, 5) is 12.3. The first-order valence-electron chi connectivity index (χ1n) is 7.76. The summed E-state index contributed by atoms with van der Waals surface area (Å²) >= 11 is 17.9. The van der Waals surface area contributed by atoms with Crippen LogP contribution in [0.25, 0.3) is 0 Å². The van der Waals surface area contributed by atoms with Crippen molar-refractivity contribution in [2.24, 2.45) is 0 Å². The first-order chi connectivity index (χ1) is 12.3. The first-order valence-corrected chi connectivity index (χ1v) is 10.3. The predicted molar refractivity (Wildman–Crippen MR) is 101 cm³/mol. The van der Waals surface area contributed by atoms with Crippen LogP contribution in [-0.4, -0.2) is 31.8 Å². The van der Waals surface area contributed by atoms with E-state index in [1.807, 2.05) is 0 Å². The van der Waals surface area contributed by atoms with Crippen molar-refractivity contribution >= 4 is 50.8 Å². The number of ether oxygens (including phenoxy) is 1. The maximum atomic E-state index is 12.7. The molecule has 2 aromatic carbocycles. The van der Waals surface area contributed by atoms with Crippen molar-refractivity contribution in [1.82, 2.24) is 4.31 Å². The Labute approximate surface area is 166 Å². The minimum absolute atomic E-state index is 0.0537. The van der Waals surface area contributed by atoms with Crippen LogP contribution in [0.15, 0.2) is 41.3 Å². The lowest BCUT2D eigenvalue weighted by molar-refractivity contribution is 0.0734. The fourth-order valence-electron chi connectivity index (χ4n) is 2.61. The highest BCUT2D eigenvalue weighted by molar-refractivity contribution is 7.89. The molecule has 0 N–H and O–H groups in total. The summed E-state index contributed by atoms with van der Waals surface area (Å²) in [6.45, 7) is 0.876. The van der Waals surface area contributed by atoms with E-state index in [9.17, 15) is 13.2 Å². The van der Waals surface area contributed by atoms with Gasteiger partial charge in [-0.25, -0.2) is 13.2 Å². The van der Waals surface area contributed by atoms with E-state index in [1.54, 1.807) is 0 Å². The van der Waals surface area contributed by atoms with Crippen molar-refractivity contribution in [3.05, 3.63) is 57.0 Å². The lowest BCUT2D eigenvalue weighted by Crippen LogP contribution is -2.28. The zero-order valence-electron chi connectivity index (χ0n) is 13.4. The van der Waals surface area contributed by atoms with Crippen LogP contribution in [0.5, 0.6) is 5.75 Å². The highest BCUT2D eigenvalue weighted by Gasteiger charge is 2.30. The zero-order valence-corrected chi connectivity index (χ0v) is 16.5. The summed E-state index contributed by atoms with van der Waals surface area (Å²) in [5, 5.41) is 0.628. The van der Waals surface area contributed by atoms with Crippen molar-refractivity contribution in [2.45, 2.75) is 17.7 Å². The molecule has 0 spiro atoms. The Morgan fingerprint density at radius 2 is 1.65 bits per heavy atom. The minimum Gasteiger partial charge on any atom is -0.421 e. The number of sulfonamides is 1. The fourth-order valence-corrected chi connectivity index (χ4v) is 5.08. The smallest absolute Gasteiger partial charge is 0.343 e. The Hall–Kier alpha value is -1.31. The van der Waals surface area contributed by atoms with Crippen LogP contribution in [0.2, 0.25) is 15.1 Å². The largest absolute Gasteiger partial charge is 0.421 e. The molecular formula is C17H14Cl3NO4S. The Bertz CT molecular complexity index is 956. The number of hydrogen-bond acceptors (Lipinski definition) is 4. The zero-order chi connectivity index (χ0) is 18.9. The van der Waals surface area contributed by atoms with Crippen LogP contribution >= 0.6 is 34.8 Å². The minimum atomic E-state index is -3.76. The summed E-state index contributed by atoms with van der Waals surface area (Å²) in [6, 6.07) is 8.42. The number of halogens is 3. The molecule has 0 atom stereocenters. The second-order valence-electron chi connectivity index (χ2n) is 5.72. The topological polar surface area (TPSA) is 63.7 Å². The molecule has 1 aliphatic rings. The van der Waals surface area contributed by atoms with Crippen LogP contribution in [0.1, 0.15) is 23.2 Å². The van der Waals surface area contributed by atoms with Gasteiger partial charge in [-0.2, -0.15) is 4.31 Å². The number of hydrogen-bond donors (Lipinski definition) is 0. The second-order valence-corrected chi connectivity index (χ2v) is 8.88. The summed E-state index contributed by atoms with van der Waals surface area (Å²) < 4.78 is 32.1. The molecule has 2 aromatic rings. The van der Waals surface area contributed by atoms with Gasteiger partial charge in [0.2, 0.25) is 10.0 Å². The lowest BCUT2D eigenvalue weighted by Gasteiger charge is -2.17. The molecule has 9 heteroatoms. The Morgan fingerprint density at radius 3 is 2.31 bits per heavy atom. The second kappa shape index (κ2) is 7.74. The van der Waals surface area contributed by atoms with Gasteiger partial charge in [-0.05, 0) is 49.2 Å². The number of rotatable bonds is 4. The van der Waals surface area contributed by atoms with Crippen LogP contribution in [0.3, 0.4) is 0 Å². The van der Waals surface area contributed by atoms with E-state index in [-0.39, 0.29) is 26.3 Å². The quantitative estimate of drug-likeness (QED) is 0.519. The Balaban J connectivity index is 1.90. The fraction of sp³-hybridized carbons (Fsp3) is 0.235. The van der Waals surface area contributed by atoms with Gasteiger partial charge in [-0.15, -0.1) is 0 Å². The molecule has 1 fully saturated rings. The van der Waals surface area contributed by atoms with E-state index in [1.165, 1.54) is 40.7 Å². The molecule has 5 nitrogen and oxygen atoms in total. The third kappa shape index (κ3) is 4.00. The van der Waals surface area contributed by atoms with Gasteiger partial charge >= 0.3 is 5.97 Å². The van der Waals surface area contributed by atoms with Gasteiger partial charge < -0.3 is 4.74 Å². The van der Waals surface area contributed by atoms with Crippen molar-refractivity contribution < 1.29 is 17.9 Å². The molecule has 0 radical (unpaired) electrons. The monoisotopic (exact) mass is 433 g/mol. The highest BCUT2D eigenvalue weighted by Crippen LogP contribution is 2.30. The van der Waals surface area contributed by atoms with Crippen LogP contribution in [0.4, 0.5) is 0 Å². The maximum Gasteiger partial charge on any atom is 0.343 e. The molecule has 3 rings (SSSR count). The summed E-state index contributed by atoms with van der Waals surface area (Å²) in [6.07, 6.45) is 1.60. The average Bonchev–Trinajstić information content (AvgIpc) is 3.13. The third-order valence-corrected chi connectivity index (χ3v) is 6.86. The van der Waals surface area contributed by atoms with Gasteiger partial charge in [0.25, 0.3) is 0 Å². The van der Waals surface area contributed by atoms with E-state index in [0.717, 1.165) is 12.8 Å². The molecule has 0 bridgehead atoms. The van der Waals surface area contributed by atoms with E-state index in [4.69, 9.17) is 39.5 Å². The van der Waals surface area contributed by atoms with E-state index >= 15 is 0 Å². The van der Waals surface area contributed by atoms with E-state index in [0.29, 0.717) is 18.1 Å². The van der Waals surface area contributed by atoms with E-state index < -0.39 is 16.0 Å². The van der Waals surface area contributed by atoms with Crippen molar-refractivity contribution in [1.29, 1.82) is 0 Å². The van der Waals surface area contributed by atoms with Crippen molar-refractivity contribution in [2.75, 3.05) is 13.1 Å². The van der Waals surface area contributed by atoms with Gasteiger partial charge in [0.05, 0.1) is 15.6 Å². The molecule has 1 heterocycles. The maximum absolute atomic E-state index is 12.7.